The fourth-order valence-electron chi connectivity index (χ4n) is 5.36. The summed E-state index contributed by atoms with van der Waals surface area (Å²) in [6.07, 6.45) is 8.71. The lowest BCUT2D eigenvalue weighted by Gasteiger charge is -2.54. The lowest BCUT2D eigenvalue weighted by atomic mass is 9.54. The molecule has 4 saturated carbocycles. The minimum absolute atomic E-state index is 0.166. The van der Waals surface area contributed by atoms with E-state index in [9.17, 15) is 4.79 Å². The van der Waals surface area contributed by atoms with Crippen LogP contribution in [-0.4, -0.2) is 30.4 Å². The molecule has 1 aromatic heterocycles. The highest BCUT2D eigenvalue weighted by Crippen LogP contribution is 2.53. The number of urea groups is 1. The molecule has 2 amide bonds. The number of aryl methyl sites for hydroxylation is 1. The Balaban J connectivity index is 1.47. The van der Waals surface area contributed by atoms with E-state index < -0.39 is 0 Å². The fourth-order valence-corrected chi connectivity index (χ4v) is 6.22. The summed E-state index contributed by atoms with van der Waals surface area (Å²) in [5.74, 6) is 3.22. The molecule has 0 radical (unpaired) electrons. The number of nitrogens with zero attached hydrogens (tertiary/aromatic N) is 2. The number of carbonyl (C=O) groups excluding carboxylic acids is 1. The number of ether oxygens (including phenoxy) is 1. The van der Waals surface area contributed by atoms with Crippen LogP contribution in [0.15, 0.2) is 11.2 Å². The summed E-state index contributed by atoms with van der Waals surface area (Å²) in [4.78, 5) is 18.8. The zero-order chi connectivity index (χ0) is 16.7. The highest BCUT2D eigenvalue weighted by Gasteiger charge is 2.48. The van der Waals surface area contributed by atoms with Gasteiger partial charge in [-0.2, -0.15) is 4.99 Å². The smallest absolute Gasteiger partial charge is 0.343 e. The van der Waals surface area contributed by atoms with E-state index in [1.807, 2.05) is 17.7 Å². The molecule has 6 heteroatoms. The van der Waals surface area contributed by atoms with Gasteiger partial charge in [0.25, 0.3) is 0 Å². The second kappa shape index (κ2) is 6.64. The summed E-state index contributed by atoms with van der Waals surface area (Å²) in [5, 5.41) is 3.26. The van der Waals surface area contributed by atoms with Gasteiger partial charge in [0.05, 0.1) is 6.61 Å². The topological polar surface area (TPSA) is 55.6 Å². The van der Waals surface area contributed by atoms with Crippen LogP contribution in [0, 0.1) is 30.6 Å². The summed E-state index contributed by atoms with van der Waals surface area (Å²) in [7, 11) is 1.69. The standard InChI is InChI=1S/C18H27N3O2S/c1-11-10-21(3-4-23-2)18(24-11)20-17(22)19-16-14-6-12-5-13(8-14)9-15(16)7-12/h10,12-16H,3-9H2,1-2H3,(H,19,22). The van der Waals surface area contributed by atoms with Gasteiger partial charge in [-0.3, -0.25) is 0 Å². The summed E-state index contributed by atoms with van der Waals surface area (Å²) in [6, 6.07) is 0.183. The van der Waals surface area contributed by atoms with Gasteiger partial charge in [-0.05, 0) is 62.7 Å². The molecule has 5 rings (SSSR count). The first-order chi connectivity index (χ1) is 11.6. The van der Waals surface area contributed by atoms with E-state index in [1.54, 1.807) is 18.4 Å². The van der Waals surface area contributed by atoms with Crippen molar-refractivity contribution in [2.24, 2.45) is 28.7 Å². The lowest BCUT2D eigenvalue weighted by molar-refractivity contribution is -0.00904. The van der Waals surface area contributed by atoms with E-state index in [-0.39, 0.29) is 6.03 Å². The third-order valence-corrected chi connectivity index (χ3v) is 7.02. The van der Waals surface area contributed by atoms with Crippen molar-refractivity contribution in [3.05, 3.63) is 15.9 Å². The number of nitrogens with one attached hydrogen (secondary N) is 1. The maximum atomic E-state index is 12.5. The van der Waals surface area contributed by atoms with Crippen LogP contribution in [0.1, 0.15) is 37.0 Å². The molecular formula is C18H27N3O2S. The summed E-state index contributed by atoms with van der Waals surface area (Å²) in [5.41, 5.74) is 0. The Labute approximate surface area is 147 Å². The SMILES string of the molecule is COCCn1cc(C)sc1=NC(=O)NC1C2CC3CC(C2)CC1C3. The molecule has 24 heavy (non-hydrogen) atoms. The third kappa shape index (κ3) is 3.18. The molecule has 4 aliphatic rings. The van der Waals surface area contributed by atoms with Gasteiger partial charge in [-0.25, -0.2) is 4.79 Å². The van der Waals surface area contributed by atoms with Crippen molar-refractivity contribution in [2.45, 2.75) is 51.6 Å². The van der Waals surface area contributed by atoms with E-state index in [0.29, 0.717) is 24.5 Å². The van der Waals surface area contributed by atoms with Crippen molar-refractivity contribution in [3.8, 4) is 0 Å². The molecule has 4 aliphatic carbocycles. The van der Waals surface area contributed by atoms with Gasteiger partial charge in [-0.15, -0.1) is 11.3 Å². The van der Waals surface area contributed by atoms with Crippen LogP contribution in [0.2, 0.25) is 0 Å². The molecule has 0 aromatic carbocycles. The van der Waals surface area contributed by atoms with Crippen molar-refractivity contribution in [1.29, 1.82) is 0 Å². The second-order valence-electron chi connectivity index (χ2n) is 7.83. The van der Waals surface area contributed by atoms with Gasteiger partial charge in [0.2, 0.25) is 0 Å². The third-order valence-electron chi connectivity index (χ3n) is 6.09. The van der Waals surface area contributed by atoms with Gasteiger partial charge >= 0.3 is 6.03 Å². The summed E-state index contributed by atoms with van der Waals surface area (Å²) in [6.45, 7) is 3.40. The molecular weight excluding hydrogens is 322 g/mol. The molecule has 0 atom stereocenters. The maximum absolute atomic E-state index is 12.5. The van der Waals surface area contributed by atoms with Crippen LogP contribution in [0.5, 0.6) is 0 Å². The van der Waals surface area contributed by atoms with Crippen LogP contribution in [-0.2, 0) is 11.3 Å². The van der Waals surface area contributed by atoms with E-state index in [4.69, 9.17) is 4.74 Å². The molecule has 132 valence electrons. The fraction of sp³-hybridized carbons (Fsp3) is 0.778. The molecule has 1 N–H and O–H groups in total. The molecule has 0 spiro atoms. The van der Waals surface area contributed by atoms with Crippen molar-refractivity contribution >= 4 is 17.4 Å². The Kier molecular flexibility index (Phi) is 4.52. The molecule has 0 unspecified atom stereocenters. The van der Waals surface area contributed by atoms with E-state index in [2.05, 4.69) is 10.3 Å². The van der Waals surface area contributed by atoms with Crippen LogP contribution >= 0.6 is 11.3 Å². The maximum Gasteiger partial charge on any atom is 0.343 e. The average molecular weight is 350 g/mol. The molecule has 5 nitrogen and oxygen atoms in total. The van der Waals surface area contributed by atoms with Crippen molar-refractivity contribution < 1.29 is 9.53 Å². The molecule has 4 bridgehead atoms. The first-order valence-corrected chi connectivity index (χ1v) is 9.95. The van der Waals surface area contributed by atoms with Crippen LogP contribution in [0.3, 0.4) is 0 Å². The monoisotopic (exact) mass is 349 g/mol. The lowest BCUT2D eigenvalue weighted by Crippen LogP contribution is -2.55. The minimum atomic E-state index is -0.166. The number of hydrogen-bond acceptors (Lipinski definition) is 3. The molecule has 4 fully saturated rings. The van der Waals surface area contributed by atoms with Crippen LogP contribution in [0.4, 0.5) is 4.79 Å². The number of amides is 2. The summed E-state index contributed by atoms with van der Waals surface area (Å²) >= 11 is 1.56. The number of thiazole rings is 1. The van der Waals surface area contributed by atoms with E-state index in [1.165, 1.54) is 32.1 Å². The highest BCUT2D eigenvalue weighted by molar-refractivity contribution is 7.09. The normalized spacial score (nSPS) is 34.8. The Morgan fingerprint density at radius 2 is 1.96 bits per heavy atom. The predicted molar refractivity (Wildman–Crippen MR) is 93.8 cm³/mol. The van der Waals surface area contributed by atoms with Gasteiger partial charge in [0.1, 0.15) is 0 Å². The first-order valence-electron chi connectivity index (χ1n) is 9.13. The van der Waals surface area contributed by atoms with Crippen molar-refractivity contribution in [3.63, 3.8) is 0 Å². The van der Waals surface area contributed by atoms with Gasteiger partial charge in [0.15, 0.2) is 4.80 Å². The van der Waals surface area contributed by atoms with Gasteiger partial charge < -0.3 is 14.6 Å². The Morgan fingerprint density at radius 3 is 2.58 bits per heavy atom. The number of rotatable bonds is 4. The number of methoxy groups -OCH3 is 1. The van der Waals surface area contributed by atoms with Crippen LogP contribution in [0.25, 0.3) is 0 Å². The van der Waals surface area contributed by atoms with Crippen LogP contribution < -0.4 is 10.1 Å². The largest absolute Gasteiger partial charge is 0.383 e. The van der Waals surface area contributed by atoms with Gasteiger partial charge in [-0.1, -0.05) is 0 Å². The minimum Gasteiger partial charge on any atom is -0.383 e. The highest BCUT2D eigenvalue weighted by atomic mass is 32.1. The Bertz CT molecular complexity index is 650. The molecule has 1 heterocycles. The molecule has 0 aliphatic heterocycles. The zero-order valence-corrected chi connectivity index (χ0v) is 15.3. The first kappa shape index (κ1) is 16.3. The number of carbonyl (C=O) groups is 1. The predicted octanol–water partition coefficient (Wildman–Crippen LogP) is 2.94. The van der Waals surface area contributed by atoms with Crippen molar-refractivity contribution in [1.82, 2.24) is 9.88 Å². The average Bonchev–Trinajstić information content (AvgIpc) is 2.87. The van der Waals surface area contributed by atoms with Gasteiger partial charge in [0, 0.05) is 30.8 Å². The summed E-state index contributed by atoms with van der Waals surface area (Å²) < 4.78 is 7.16. The second-order valence-corrected chi connectivity index (χ2v) is 9.04. The number of hydrogen-bond donors (Lipinski definition) is 1. The van der Waals surface area contributed by atoms with E-state index >= 15 is 0 Å². The zero-order valence-electron chi connectivity index (χ0n) is 14.5. The molecule has 0 saturated heterocycles. The Morgan fingerprint density at radius 1 is 1.29 bits per heavy atom. The van der Waals surface area contributed by atoms with E-state index in [0.717, 1.165) is 28.1 Å². The number of aromatic nitrogens is 1. The Hall–Kier alpha value is -1.14. The molecule has 1 aromatic rings. The quantitative estimate of drug-likeness (QED) is 0.909. The van der Waals surface area contributed by atoms with Crippen molar-refractivity contribution in [2.75, 3.05) is 13.7 Å².